The Bertz CT molecular complexity index is 3390. The van der Waals surface area contributed by atoms with E-state index in [4.69, 9.17) is 15.0 Å². The number of nitrogens with zero attached hydrogens (tertiary/aromatic N) is 6. The van der Waals surface area contributed by atoms with Crippen molar-refractivity contribution in [3.8, 4) is 28.1 Å². The molecule has 9 aromatic rings. The maximum absolute atomic E-state index is 5.08. The van der Waals surface area contributed by atoms with Gasteiger partial charge in [0, 0.05) is 56.6 Å². The van der Waals surface area contributed by atoms with Crippen LogP contribution in [0.4, 0.5) is 11.4 Å². The summed E-state index contributed by atoms with van der Waals surface area (Å²) in [6.07, 6.45) is 9.47. The van der Waals surface area contributed by atoms with Crippen LogP contribution in [0.3, 0.4) is 0 Å². The van der Waals surface area contributed by atoms with Gasteiger partial charge in [-0.05, 0) is 110 Å². The van der Waals surface area contributed by atoms with Gasteiger partial charge in [-0.25, -0.2) is 9.98 Å². The minimum absolute atomic E-state index is 0.168. The van der Waals surface area contributed by atoms with E-state index in [1.54, 1.807) is 0 Å². The highest BCUT2D eigenvalue weighted by Crippen LogP contribution is 2.53. The highest BCUT2D eigenvalue weighted by molar-refractivity contribution is 6.16. The molecule has 0 N–H and O–H groups in total. The molecule has 0 saturated heterocycles. The highest BCUT2D eigenvalue weighted by atomic mass is 15.2. The summed E-state index contributed by atoms with van der Waals surface area (Å²) in [6, 6.07) is 62.5. The SMILES string of the molecule is C=N/C(=N\C(=N/Cc1ccc(C)cc1)c1ccc(C)cc1)c1ccnc(-c2cccc3c2C2CC=CC=C2N3c2ccc(-c3cccc4c3c3ccccc3n4-c3ccccc3)cc2)c1. The van der Waals surface area contributed by atoms with Gasteiger partial charge >= 0.3 is 0 Å². The minimum atomic E-state index is 0.168. The van der Waals surface area contributed by atoms with E-state index >= 15 is 0 Å². The first kappa shape index (κ1) is 39.6. The molecular weight excluding hydrogens is 793 g/mol. The number of aryl methyl sites for hydroxylation is 2. The van der Waals surface area contributed by atoms with Gasteiger partial charge in [0.05, 0.1) is 29.0 Å². The summed E-state index contributed by atoms with van der Waals surface area (Å²) < 4.78 is 2.38. The van der Waals surface area contributed by atoms with Crippen molar-refractivity contribution in [2.45, 2.75) is 32.7 Å². The zero-order chi connectivity index (χ0) is 43.9. The standard InChI is InChI=1S/C59H46N6/c1-39-23-27-41(28-24-39)38-62-59(43-29-25-40(2)26-30-43)63-58(60-3)44-35-36-61-51(37-44)48-18-12-22-55-57(48)50-16-8-10-20-53(50)65(55)46-33-31-42(32-34-46)47-17-11-21-54-56(47)49-15-7-9-19-52(49)64(54)45-13-5-4-6-14-45/h4-15,17-37,50H,3,16,38H2,1-2H3/b62-59-,63-58-. The van der Waals surface area contributed by atoms with Crippen LogP contribution >= 0.6 is 0 Å². The molecule has 65 heavy (non-hydrogen) atoms. The molecule has 0 fully saturated rings. The Morgan fingerprint density at radius 3 is 2.18 bits per heavy atom. The van der Waals surface area contributed by atoms with Crippen molar-refractivity contribution in [3.63, 3.8) is 0 Å². The first-order chi connectivity index (χ1) is 32.0. The third kappa shape index (κ3) is 7.29. The van der Waals surface area contributed by atoms with Crippen LogP contribution in [-0.2, 0) is 6.54 Å². The fourth-order valence-corrected chi connectivity index (χ4v) is 9.55. The zero-order valence-corrected chi connectivity index (χ0v) is 36.4. The molecule has 3 heterocycles. The van der Waals surface area contributed by atoms with Gasteiger partial charge in [-0.1, -0.05) is 145 Å². The van der Waals surface area contributed by atoms with E-state index in [-0.39, 0.29) is 5.92 Å². The molecule has 2 aliphatic rings. The van der Waals surface area contributed by atoms with Gasteiger partial charge in [0.15, 0.2) is 11.7 Å². The molecule has 6 heteroatoms. The van der Waals surface area contributed by atoms with Gasteiger partial charge in [-0.15, -0.1) is 0 Å². The fourth-order valence-electron chi connectivity index (χ4n) is 9.55. The van der Waals surface area contributed by atoms with Crippen molar-refractivity contribution < 1.29 is 0 Å². The lowest BCUT2D eigenvalue weighted by Crippen LogP contribution is -2.14. The number of hydrogen-bond donors (Lipinski definition) is 0. The van der Waals surface area contributed by atoms with Crippen LogP contribution in [0.1, 0.15) is 45.7 Å². The Morgan fingerprint density at radius 2 is 1.38 bits per heavy atom. The Kier molecular flexibility index (Phi) is 10.2. The van der Waals surface area contributed by atoms with Crippen molar-refractivity contribution in [2.75, 3.05) is 4.90 Å². The molecule has 0 saturated carbocycles. The van der Waals surface area contributed by atoms with Gasteiger partial charge in [0.1, 0.15) is 0 Å². The largest absolute Gasteiger partial charge is 0.313 e. The lowest BCUT2D eigenvalue weighted by molar-refractivity contribution is 0.820. The van der Waals surface area contributed by atoms with E-state index in [0.717, 1.165) is 51.4 Å². The van der Waals surface area contributed by atoms with Crippen molar-refractivity contribution in [1.82, 2.24) is 9.55 Å². The maximum Gasteiger partial charge on any atom is 0.161 e. The average molecular weight is 839 g/mol. The summed E-state index contributed by atoms with van der Waals surface area (Å²) >= 11 is 0. The molecule has 312 valence electrons. The molecular formula is C59H46N6. The van der Waals surface area contributed by atoms with Crippen LogP contribution < -0.4 is 4.90 Å². The monoisotopic (exact) mass is 838 g/mol. The summed E-state index contributed by atoms with van der Waals surface area (Å²) in [5, 5.41) is 2.50. The van der Waals surface area contributed by atoms with Crippen LogP contribution in [0.25, 0.3) is 49.9 Å². The number of fused-ring (bicyclic) bond motifs is 6. The van der Waals surface area contributed by atoms with Gasteiger partial charge < -0.3 is 9.47 Å². The lowest BCUT2D eigenvalue weighted by atomic mass is 9.87. The third-order valence-electron chi connectivity index (χ3n) is 12.7. The number of pyridine rings is 1. The first-order valence-corrected chi connectivity index (χ1v) is 22.2. The summed E-state index contributed by atoms with van der Waals surface area (Å²) in [5.74, 6) is 1.27. The molecule has 1 aliphatic carbocycles. The van der Waals surface area contributed by atoms with Crippen LogP contribution in [0.2, 0.25) is 0 Å². The topological polar surface area (TPSA) is 58.1 Å². The van der Waals surface area contributed by atoms with E-state index in [1.807, 2.05) is 12.3 Å². The van der Waals surface area contributed by atoms with Gasteiger partial charge in [0.25, 0.3) is 0 Å². The third-order valence-corrected chi connectivity index (χ3v) is 12.7. The molecule has 0 bridgehead atoms. The molecule has 0 radical (unpaired) electrons. The van der Waals surface area contributed by atoms with E-state index in [0.29, 0.717) is 18.2 Å². The molecule has 0 amide bonds. The van der Waals surface area contributed by atoms with Gasteiger partial charge in [-0.2, -0.15) is 0 Å². The number of anilines is 2. The van der Waals surface area contributed by atoms with Crippen LogP contribution in [0.5, 0.6) is 0 Å². The number of amidine groups is 2. The van der Waals surface area contributed by atoms with E-state index < -0.39 is 0 Å². The van der Waals surface area contributed by atoms with Crippen molar-refractivity contribution >= 4 is 51.6 Å². The van der Waals surface area contributed by atoms with E-state index in [2.05, 4.69) is 223 Å². The normalized spacial score (nSPS) is 14.7. The number of para-hydroxylation sites is 2. The number of aromatic nitrogens is 2. The second-order valence-corrected chi connectivity index (χ2v) is 16.8. The van der Waals surface area contributed by atoms with Crippen LogP contribution in [0.15, 0.2) is 221 Å². The first-order valence-electron chi connectivity index (χ1n) is 22.2. The van der Waals surface area contributed by atoms with Crippen molar-refractivity contribution in [3.05, 3.63) is 239 Å². The quantitative estimate of drug-likeness (QED) is 0.113. The summed E-state index contributed by atoms with van der Waals surface area (Å²) in [7, 11) is 0. The highest BCUT2D eigenvalue weighted by Gasteiger charge is 2.37. The van der Waals surface area contributed by atoms with Crippen LogP contribution in [0, 0.1) is 13.8 Å². The Labute approximate surface area is 379 Å². The number of benzene rings is 7. The number of aliphatic imine (C=N–C) groups is 3. The maximum atomic E-state index is 5.08. The summed E-state index contributed by atoms with van der Waals surface area (Å²) in [4.78, 5) is 22.0. The van der Waals surface area contributed by atoms with Gasteiger partial charge in [0.2, 0.25) is 0 Å². The van der Waals surface area contributed by atoms with E-state index in [1.165, 1.54) is 55.3 Å². The molecule has 1 aliphatic heterocycles. The Morgan fingerprint density at radius 1 is 0.662 bits per heavy atom. The summed E-state index contributed by atoms with van der Waals surface area (Å²) in [5.41, 5.74) is 17.9. The molecule has 0 spiro atoms. The minimum Gasteiger partial charge on any atom is -0.313 e. The molecule has 11 rings (SSSR count). The number of allylic oxidation sites excluding steroid dienone is 4. The predicted molar refractivity (Wildman–Crippen MR) is 271 cm³/mol. The lowest BCUT2D eigenvalue weighted by Gasteiger charge is -2.24. The smallest absolute Gasteiger partial charge is 0.161 e. The molecule has 1 atom stereocenters. The molecule has 1 unspecified atom stereocenters. The van der Waals surface area contributed by atoms with Crippen molar-refractivity contribution in [2.24, 2.45) is 15.0 Å². The second kappa shape index (κ2) is 16.8. The zero-order valence-electron chi connectivity index (χ0n) is 36.4. The summed E-state index contributed by atoms with van der Waals surface area (Å²) in [6.45, 7) is 8.64. The number of rotatable bonds is 8. The molecule has 7 aromatic carbocycles. The van der Waals surface area contributed by atoms with Crippen molar-refractivity contribution in [1.29, 1.82) is 0 Å². The van der Waals surface area contributed by atoms with Gasteiger partial charge in [-0.3, -0.25) is 9.98 Å². The average Bonchev–Trinajstić information content (AvgIpc) is 3.89. The number of hydrogen-bond acceptors (Lipinski definition) is 3. The van der Waals surface area contributed by atoms with Crippen LogP contribution in [-0.4, -0.2) is 27.9 Å². The fraction of sp³-hybridized carbons (Fsp3) is 0.0847. The second-order valence-electron chi connectivity index (χ2n) is 16.8. The predicted octanol–water partition coefficient (Wildman–Crippen LogP) is 14.3. The molecule has 6 nitrogen and oxygen atoms in total. The Hall–Kier alpha value is -8.22. The van der Waals surface area contributed by atoms with E-state index in [9.17, 15) is 0 Å². The Balaban J connectivity index is 0.958. The molecule has 2 aromatic heterocycles.